The Morgan fingerprint density at radius 1 is 0.958 bits per heavy atom. The van der Waals surface area contributed by atoms with Crippen molar-refractivity contribution < 1.29 is 9.50 Å². The fraction of sp³-hybridized carbons (Fsp3) is 0.400. The number of nitrogens with one attached hydrogen (secondary N) is 1. The van der Waals surface area contributed by atoms with E-state index >= 15 is 0 Å². The molecule has 0 aromatic heterocycles. The third kappa shape index (κ3) is 4.56. The van der Waals surface area contributed by atoms with Gasteiger partial charge in [-0.15, -0.1) is 0 Å². The molecule has 1 unspecified atom stereocenters. The Kier molecular flexibility index (Phi) is 5.83. The lowest BCUT2D eigenvalue weighted by atomic mass is 10.1. The predicted octanol–water partition coefficient (Wildman–Crippen LogP) is 3.64. The first kappa shape index (κ1) is 16.9. The van der Waals surface area contributed by atoms with Crippen LogP contribution in [0.2, 0.25) is 0 Å². The molecule has 1 aliphatic rings. The molecule has 2 aromatic rings. The van der Waals surface area contributed by atoms with Crippen LogP contribution in [0.4, 0.5) is 10.1 Å². The number of hydrogen-bond donors (Lipinski definition) is 2. The number of anilines is 1. The molecule has 2 N–H and O–H groups in total. The van der Waals surface area contributed by atoms with Crippen molar-refractivity contribution in [2.24, 2.45) is 0 Å². The largest absolute Gasteiger partial charge is 0.387 e. The van der Waals surface area contributed by atoms with E-state index in [0.29, 0.717) is 13.1 Å². The maximum absolute atomic E-state index is 12.9. The van der Waals surface area contributed by atoms with Gasteiger partial charge in [0.15, 0.2) is 0 Å². The molecular weight excluding hydrogens is 303 g/mol. The molecule has 1 aliphatic heterocycles. The van der Waals surface area contributed by atoms with E-state index in [1.54, 1.807) is 12.1 Å². The maximum atomic E-state index is 12.9. The molecular formula is C20H25FN2O. The molecule has 3 rings (SSSR count). The highest BCUT2D eigenvalue weighted by Crippen LogP contribution is 2.20. The summed E-state index contributed by atoms with van der Waals surface area (Å²) < 4.78 is 12.9. The second kappa shape index (κ2) is 8.27. The molecule has 1 saturated heterocycles. The Labute approximate surface area is 143 Å². The second-order valence-corrected chi connectivity index (χ2v) is 6.41. The van der Waals surface area contributed by atoms with Crippen LogP contribution in [0.15, 0.2) is 48.5 Å². The lowest BCUT2D eigenvalue weighted by molar-refractivity contribution is 0.174. The van der Waals surface area contributed by atoms with Crippen molar-refractivity contribution in [3.8, 4) is 0 Å². The lowest BCUT2D eigenvalue weighted by Crippen LogP contribution is -2.29. The summed E-state index contributed by atoms with van der Waals surface area (Å²) >= 11 is 0. The fourth-order valence-electron chi connectivity index (χ4n) is 3.13. The lowest BCUT2D eigenvalue weighted by Gasteiger charge is -2.28. The average molecular weight is 328 g/mol. The molecule has 1 heterocycles. The SMILES string of the molecule is OC(CNCc1ccc(N2CCCCC2)cc1)c1ccc(F)cc1. The third-order valence-corrected chi connectivity index (χ3v) is 4.58. The van der Waals surface area contributed by atoms with Gasteiger partial charge < -0.3 is 15.3 Å². The van der Waals surface area contributed by atoms with Crippen molar-refractivity contribution in [2.45, 2.75) is 31.9 Å². The van der Waals surface area contributed by atoms with Gasteiger partial charge in [-0.2, -0.15) is 0 Å². The van der Waals surface area contributed by atoms with Crippen molar-refractivity contribution in [3.05, 3.63) is 65.5 Å². The van der Waals surface area contributed by atoms with Gasteiger partial charge in [-0.3, -0.25) is 0 Å². The summed E-state index contributed by atoms with van der Waals surface area (Å²) in [5, 5.41) is 13.4. The number of aliphatic hydroxyl groups excluding tert-OH is 1. The molecule has 2 aromatic carbocycles. The number of nitrogens with zero attached hydrogens (tertiary/aromatic N) is 1. The number of hydrogen-bond acceptors (Lipinski definition) is 3. The summed E-state index contributed by atoms with van der Waals surface area (Å²) in [6, 6.07) is 14.6. The monoisotopic (exact) mass is 328 g/mol. The molecule has 0 radical (unpaired) electrons. The Balaban J connectivity index is 1.47. The van der Waals surface area contributed by atoms with Gasteiger partial charge in [-0.25, -0.2) is 4.39 Å². The zero-order valence-electron chi connectivity index (χ0n) is 13.9. The van der Waals surface area contributed by atoms with Gasteiger partial charge in [0.1, 0.15) is 5.82 Å². The summed E-state index contributed by atoms with van der Waals surface area (Å²) in [5.41, 5.74) is 3.22. The maximum Gasteiger partial charge on any atom is 0.123 e. The van der Waals surface area contributed by atoms with Crippen molar-refractivity contribution >= 4 is 5.69 Å². The number of piperidine rings is 1. The van der Waals surface area contributed by atoms with Crippen LogP contribution in [0.1, 0.15) is 36.5 Å². The first-order valence-electron chi connectivity index (χ1n) is 8.70. The van der Waals surface area contributed by atoms with Crippen LogP contribution in [0, 0.1) is 5.82 Å². The van der Waals surface area contributed by atoms with Crippen LogP contribution in [-0.2, 0) is 6.54 Å². The third-order valence-electron chi connectivity index (χ3n) is 4.58. The highest BCUT2D eigenvalue weighted by molar-refractivity contribution is 5.47. The van der Waals surface area contributed by atoms with Crippen LogP contribution >= 0.6 is 0 Å². The Bertz CT molecular complexity index is 621. The molecule has 0 saturated carbocycles. The van der Waals surface area contributed by atoms with Gasteiger partial charge >= 0.3 is 0 Å². The van der Waals surface area contributed by atoms with Crippen LogP contribution in [0.5, 0.6) is 0 Å². The molecule has 0 amide bonds. The first-order chi connectivity index (χ1) is 11.7. The molecule has 3 nitrogen and oxygen atoms in total. The van der Waals surface area contributed by atoms with Crippen molar-refractivity contribution in [1.82, 2.24) is 5.32 Å². The van der Waals surface area contributed by atoms with Crippen molar-refractivity contribution in [1.29, 1.82) is 0 Å². The van der Waals surface area contributed by atoms with E-state index in [-0.39, 0.29) is 5.82 Å². The van der Waals surface area contributed by atoms with Crippen LogP contribution in [-0.4, -0.2) is 24.7 Å². The smallest absolute Gasteiger partial charge is 0.123 e. The van der Waals surface area contributed by atoms with Gasteiger partial charge in [-0.05, 0) is 54.7 Å². The highest BCUT2D eigenvalue weighted by Gasteiger charge is 2.11. The summed E-state index contributed by atoms with van der Waals surface area (Å²) in [7, 11) is 0. The molecule has 24 heavy (non-hydrogen) atoms. The van der Waals surface area contributed by atoms with E-state index in [4.69, 9.17) is 0 Å². The number of aliphatic hydroxyl groups is 1. The number of rotatable bonds is 6. The second-order valence-electron chi connectivity index (χ2n) is 6.41. The van der Waals surface area contributed by atoms with Crippen molar-refractivity contribution in [2.75, 3.05) is 24.5 Å². The van der Waals surface area contributed by atoms with Gasteiger partial charge in [-0.1, -0.05) is 24.3 Å². The number of benzene rings is 2. The fourth-order valence-corrected chi connectivity index (χ4v) is 3.13. The van der Waals surface area contributed by atoms with Gasteiger partial charge in [0.25, 0.3) is 0 Å². The summed E-state index contributed by atoms with van der Waals surface area (Å²) in [6.07, 6.45) is 3.28. The van der Waals surface area contributed by atoms with Crippen LogP contribution in [0.3, 0.4) is 0 Å². The summed E-state index contributed by atoms with van der Waals surface area (Å²) in [5.74, 6) is -0.285. The van der Waals surface area contributed by atoms with Gasteiger partial charge in [0, 0.05) is 31.9 Å². The molecule has 1 fully saturated rings. The zero-order chi connectivity index (χ0) is 16.8. The topological polar surface area (TPSA) is 35.5 Å². The van der Waals surface area contributed by atoms with Crippen molar-refractivity contribution in [3.63, 3.8) is 0 Å². The minimum absolute atomic E-state index is 0.285. The standard InChI is InChI=1S/C20H25FN2O/c21-18-8-6-17(7-9-18)20(24)15-22-14-16-4-10-19(11-5-16)23-12-2-1-3-13-23/h4-11,20,22,24H,1-3,12-15H2. The van der Waals surface area contributed by atoms with E-state index in [0.717, 1.165) is 18.7 Å². The highest BCUT2D eigenvalue weighted by atomic mass is 19.1. The van der Waals surface area contributed by atoms with Gasteiger partial charge in [0.05, 0.1) is 6.10 Å². The Hall–Kier alpha value is -1.91. The number of halogens is 1. The Morgan fingerprint density at radius 3 is 2.29 bits per heavy atom. The molecule has 4 heteroatoms. The molecule has 0 spiro atoms. The predicted molar refractivity (Wildman–Crippen MR) is 95.6 cm³/mol. The minimum Gasteiger partial charge on any atom is -0.387 e. The van der Waals surface area contributed by atoms with E-state index in [9.17, 15) is 9.50 Å². The summed E-state index contributed by atoms with van der Waals surface area (Å²) in [6.45, 7) is 3.46. The van der Waals surface area contributed by atoms with Crippen LogP contribution in [0.25, 0.3) is 0 Å². The first-order valence-corrected chi connectivity index (χ1v) is 8.70. The normalized spacial score (nSPS) is 16.2. The van der Waals surface area contributed by atoms with E-state index in [1.165, 1.54) is 42.6 Å². The molecule has 128 valence electrons. The van der Waals surface area contributed by atoms with E-state index < -0.39 is 6.10 Å². The quantitative estimate of drug-likeness (QED) is 0.850. The van der Waals surface area contributed by atoms with Gasteiger partial charge in [0.2, 0.25) is 0 Å². The zero-order valence-corrected chi connectivity index (χ0v) is 13.9. The minimum atomic E-state index is -0.627. The molecule has 1 atom stereocenters. The Morgan fingerprint density at radius 2 is 1.62 bits per heavy atom. The summed E-state index contributed by atoms with van der Waals surface area (Å²) in [4.78, 5) is 2.44. The van der Waals surface area contributed by atoms with E-state index in [2.05, 4.69) is 34.5 Å². The van der Waals surface area contributed by atoms with Crippen LogP contribution < -0.4 is 10.2 Å². The average Bonchev–Trinajstić information content (AvgIpc) is 2.63. The molecule has 0 bridgehead atoms. The van der Waals surface area contributed by atoms with E-state index in [1.807, 2.05) is 0 Å². The molecule has 0 aliphatic carbocycles.